The van der Waals surface area contributed by atoms with Crippen LogP contribution in [0, 0.1) is 0 Å². The van der Waals surface area contributed by atoms with Gasteiger partial charge >= 0.3 is 0 Å². The van der Waals surface area contributed by atoms with Crippen molar-refractivity contribution in [1.29, 1.82) is 0 Å². The molecule has 0 aliphatic carbocycles. The van der Waals surface area contributed by atoms with Crippen LogP contribution in [-0.4, -0.2) is 50.1 Å². The molecule has 1 aliphatic heterocycles. The van der Waals surface area contributed by atoms with Gasteiger partial charge in [0.1, 0.15) is 5.75 Å². The molecule has 2 aromatic carbocycles. The number of nitrogens with zero attached hydrogens (tertiary/aromatic N) is 2. The van der Waals surface area contributed by atoms with E-state index in [0.717, 1.165) is 51.3 Å². The molecule has 156 valence electrons. The van der Waals surface area contributed by atoms with Crippen molar-refractivity contribution in [2.75, 3.05) is 55.3 Å². The average Bonchev–Trinajstić information content (AvgIpc) is 2.74. The van der Waals surface area contributed by atoms with E-state index < -0.39 is 0 Å². The van der Waals surface area contributed by atoms with Crippen LogP contribution < -0.4 is 20.7 Å². The monoisotopic (exact) mass is 396 g/mol. The summed E-state index contributed by atoms with van der Waals surface area (Å²) in [5, 5.41) is 2.94. The van der Waals surface area contributed by atoms with E-state index in [4.69, 9.17) is 10.5 Å². The third-order valence-electron chi connectivity index (χ3n) is 5.31. The predicted octanol–water partition coefficient (Wildman–Crippen LogP) is 3.84. The molecule has 0 radical (unpaired) electrons. The number of benzene rings is 2. The zero-order valence-corrected chi connectivity index (χ0v) is 17.5. The number of amides is 1. The molecule has 0 bridgehead atoms. The minimum atomic E-state index is -0.172. The summed E-state index contributed by atoms with van der Waals surface area (Å²) in [4.78, 5) is 17.4. The molecule has 0 spiro atoms. The van der Waals surface area contributed by atoms with E-state index in [1.807, 2.05) is 30.3 Å². The number of hydrogen-bond acceptors (Lipinski definition) is 5. The number of ether oxygens (including phenoxy) is 1. The number of carbonyl (C=O) groups is 1. The number of nitrogens with two attached hydrogens (primary N) is 1. The summed E-state index contributed by atoms with van der Waals surface area (Å²) in [7, 11) is 0. The molecule has 6 heteroatoms. The second-order valence-corrected chi connectivity index (χ2v) is 7.38. The van der Waals surface area contributed by atoms with Gasteiger partial charge in [0.2, 0.25) is 0 Å². The molecule has 0 unspecified atom stereocenters. The second-order valence-electron chi connectivity index (χ2n) is 7.38. The fourth-order valence-corrected chi connectivity index (χ4v) is 3.49. The number of carbonyl (C=O) groups excluding carboxylic acids is 1. The summed E-state index contributed by atoms with van der Waals surface area (Å²) in [5.74, 6) is 0.543. The Hall–Kier alpha value is -2.73. The van der Waals surface area contributed by atoms with Gasteiger partial charge in [0, 0.05) is 37.4 Å². The average molecular weight is 397 g/mol. The van der Waals surface area contributed by atoms with E-state index in [9.17, 15) is 4.79 Å². The Labute approximate surface area is 173 Å². The number of unbranched alkanes of at least 4 members (excludes halogenated alkanes) is 1. The maximum absolute atomic E-state index is 12.6. The van der Waals surface area contributed by atoms with Gasteiger partial charge in [-0.15, -0.1) is 0 Å². The smallest absolute Gasteiger partial charge is 0.255 e. The first kappa shape index (κ1) is 21.0. The van der Waals surface area contributed by atoms with Gasteiger partial charge in [-0.1, -0.05) is 26.3 Å². The van der Waals surface area contributed by atoms with Crippen LogP contribution in [0.5, 0.6) is 5.75 Å². The van der Waals surface area contributed by atoms with E-state index in [2.05, 4.69) is 29.0 Å². The summed E-state index contributed by atoms with van der Waals surface area (Å²) in [6.45, 7) is 10.1. The summed E-state index contributed by atoms with van der Waals surface area (Å²) in [5.41, 5.74) is 9.28. The van der Waals surface area contributed by atoms with Crippen LogP contribution in [0.4, 0.5) is 17.1 Å². The van der Waals surface area contributed by atoms with Gasteiger partial charge in [0.15, 0.2) is 0 Å². The van der Waals surface area contributed by atoms with Crippen LogP contribution in [0.1, 0.15) is 37.0 Å². The fourth-order valence-electron chi connectivity index (χ4n) is 3.49. The number of nitrogen functional groups attached to an aromatic ring is 1. The van der Waals surface area contributed by atoms with Crippen molar-refractivity contribution in [2.45, 2.75) is 26.7 Å². The maximum atomic E-state index is 12.6. The topological polar surface area (TPSA) is 70.8 Å². The lowest BCUT2D eigenvalue weighted by Crippen LogP contribution is -2.46. The highest BCUT2D eigenvalue weighted by Gasteiger charge is 2.18. The Morgan fingerprint density at radius 2 is 1.90 bits per heavy atom. The number of likely N-dealkylation sites (N-methyl/N-ethyl adjacent to an activating group) is 1. The van der Waals surface area contributed by atoms with Gasteiger partial charge in [0.05, 0.1) is 18.0 Å². The quantitative estimate of drug-likeness (QED) is 0.524. The van der Waals surface area contributed by atoms with E-state index in [1.165, 1.54) is 0 Å². The molecule has 3 rings (SSSR count). The first-order valence-corrected chi connectivity index (χ1v) is 10.5. The Morgan fingerprint density at radius 1 is 1.10 bits per heavy atom. The molecule has 1 amide bonds. The van der Waals surface area contributed by atoms with Crippen LogP contribution in [0.3, 0.4) is 0 Å². The molecule has 29 heavy (non-hydrogen) atoms. The summed E-state index contributed by atoms with van der Waals surface area (Å²) < 4.78 is 5.70. The van der Waals surface area contributed by atoms with E-state index in [0.29, 0.717) is 29.3 Å². The molecule has 1 saturated heterocycles. The molecule has 0 aromatic heterocycles. The molecule has 3 N–H and O–H groups in total. The molecule has 1 fully saturated rings. The Kier molecular flexibility index (Phi) is 7.36. The third kappa shape index (κ3) is 5.64. The highest BCUT2D eigenvalue weighted by molar-refractivity contribution is 6.04. The summed E-state index contributed by atoms with van der Waals surface area (Å²) >= 11 is 0. The van der Waals surface area contributed by atoms with Gasteiger partial charge in [-0.2, -0.15) is 0 Å². The molecule has 0 atom stereocenters. The lowest BCUT2D eigenvalue weighted by molar-refractivity contribution is 0.102. The number of nitrogens with one attached hydrogen (secondary N) is 1. The standard InChI is InChI=1S/C23H32N4O2/c1-3-5-15-29-20-8-6-7-18(16-20)23(28)25-19-9-10-22(21(24)17-19)27-13-11-26(4-2)12-14-27/h6-10,16-17H,3-5,11-15,24H2,1-2H3,(H,25,28). The maximum Gasteiger partial charge on any atom is 0.255 e. The molecule has 2 aromatic rings. The van der Waals surface area contributed by atoms with E-state index >= 15 is 0 Å². The highest BCUT2D eigenvalue weighted by atomic mass is 16.5. The summed E-state index contributed by atoms with van der Waals surface area (Å²) in [6.07, 6.45) is 2.07. The van der Waals surface area contributed by atoms with Crippen molar-refractivity contribution in [1.82, 2.24) is 4.90 Å². The van der Waals surface area contributed by atoms with Crippen molar-refractivity contribution in [3.63, 3.8) is 0 Å². The molecule has 1 aliphatic rings. The van der Waals surface area contributed by atoms with Crippen molar-refractivity contribution in [2.24, 2.45) is 0 Å². The van der Waals surface area contributed by atoms with Crippen molar-refractivity contribution in [3.8, 4) is 5.75 Å². The van der Waals surface area contributed by atoms with Gasteiger partial charge in [-0.3, -0.25) is 4.79 Å². The zero-order chi connectivity index (χ0) is 20.6. The van der Waals surface area contributed by atoms with Crippen molar-refractivity contribution >= 4 is 23.0 Å². The van der Waals surface area contributed by atoms with Crippen molar-refractivity contribution in [3.05, 3.63) is 48.0 Å². The Balaban J connectivity index is 1.62. The fraction of sp³-hybridized carbons (Fsp3) is 0.435. The largest absolute Gasteiger partial charge is 0.494 e. The Bertz CT molecular complexity index is 816. The first-order valence-electron chi connectivity index (χ1n) is 10.5. The second kappa shape index (κ2) is 10.2. The van der Waals surface area contributed by atoms with Crippen molar-refractivity contribution < 1.29 is 9.53 Å². The van der Waals surface area contributed by atoms with Crippen LogP contribution in [0.25, 0.3) is 0 Å². The molecule has 1 heterocycles. The van der Waals surface area contributed by atoms with E-state index in [1.54, 1.807) is 12.1 Å². The minimum absolute atomic E-state index is 0.172. The van der Waals surface area contributed by atoms with Crippen LogP contribution in [0.15, 0.2) is 42.5 Å². The lowest BCUT2D eigenvalue weighted by Gasteiger charge is -2.36. The molecule has 6 nitrogen and oxygen atoms in total. The third-order valence-corrected chi connectivity index (χ3v) is 5.31. The number of rotatable bonds is 8. The zero-order valence-electron chi connectivity index (χ0n) is 17.5. The normalized spacial score (nSPS) is 14.6. The first-order chi connectivity index (χ1) is 14.1. The van der Waals surface area contributed by atoms with Crippen LogP contribution >= 0.6 is 0 Å². The summed E-state index contributed by atoms with van der Waals surface area (Å²) in [6, 6.07) is 13.0. The van der Waals surface area contributed by atoms with E-state index in [-0.39, 0.29) is 5.91 Å². The minimum Gasteiger partial charge on any atom is -0.494 e. The predicted molar refractivity (Wildman–Crippen MR) is 120 cm³/mol. The van der Waals surface area contributed by atoms with Gasteiger partial charge in [0.25, 0.3) is 5.91 Å². The molecular formula is C23H32N4O2. The van der Waals surface area contributed by atoms with Gasteiger partial charge < -0.3 is 25.6 Å². The highest BCUT2D eigenvalue weighted by Crippen LogP contribution is 2.28. The van der Waals surface area contributed by atoms with Gasteiger partial charge in [-0.05, 0) is 49.4 Å². The Morgan fingerprint density at radius 3 is 2.59 bits per heavy atom. The number of piperazine rings is 1. The van der Waals surface area contributed by atoms with Crippen LogP contribution in [-0.2, 0) is 0 Å². The SMILES string of the molecule is CCCCOc1cccc(C(=O)Nc2ccc(N3CCN(CC)CC3)c(N)c2)c1. The lowest BCUT2D eigenvalue weighted by atomic mass is 10.1. The number of anilines is 3. The molecule has 0 saturated carbocycles. The van der Waals surface area contributed by atoms with Crippen LogP contribution in [0.2, 0.25) is 0 Å². The van der Waals surface area contributed by atoms with Gasteiger partial charge in [-0.25, -0.2) is 0 Å². The number of hydrogen-bond donors (Lipinski definition) is 2. The molecular weight excluding hydrogens is 364 g/mol.